The molecule has 6 nitrogen and oxygen atoms in total. The van der Waals surface area contributed by atoms with Crippen molar-refractivity contribution in [1.29, 1.82) is 0 Å². The van der Waals surface area contributed by atoms with Gasteiger partial charge in [-0.15, -0.1) is 0 Å². The zero-order valence-corrected chi connectivity index (χ0v) is 16.0. The summed E-state index contributed by atoms with van der Waals surface area (Å²) < 4.78 is 10.5. The Bertz CT molecular complexity index is 956. The lowest BCUT2D eigenvalue weighted by Crippen LogP contribution is -2.34. The minimum atomic E-state index is -0.859. The Morgan fingerprint density at radius 1 is 1.14 bits per heavy atom. The summed E-state index contributed by atoms with van der Waals surface area (Å²) in [6, 6.07) is 15.4. The fourth-order valence-corrected chi connectivity index (χ4v) is 2.94. The molecule has 0 bridgehead atoms. The fourth-order valence-electron chi connectivity index (χ4n) is 2.71. The molecule has 1 atom stereocenters. The summed E-state index contributed by atoms with van der Waals surface area (Å²) in [6.07, 6.45) is 1.98. The Kier molecular flexibility index (Phi) is 6.45. The van der Waals surface area contributed by atoms with Gasteiger partial charge in [0, 0.05) is 18.4 Å². The number of aryl methyl sites for hydroxylation is 1. The molecule has 1 N–H and O–H groups in total. The highest BCUT2D eigenvalue weighted by Crippen LogP contribution is 2.28. The molecule has 1 aromatic heterocycles. The smallest absolute Gasteiger partial charge is 0.333 e. The van der Waals surface area contributed by atoms with Crippen molar-refractivity contribution in [3.63, 3.8) is 0 Å². The van der Waals surface area contributed by atoms with Gasteiger partial charge in [-0.1, -0.05) is 54.1 Å². The number of nitrogens with one attached hydrogen (secondary N) is 1. The summed E-state index contributed by atoms with van der Waals surface area (Å²) in [7, 11) is 1.29. The highest BCUT2D eigenvalue weighted by atomic mass is 35.5. The number of carbonyl (C=O) groups is 2. The first-order valence-corrected chi connectivity index (χ1v) is 9.08. The molecule has 0 aliphatic heterocycles. The van der Waals surface area contributed by atoms with Gasteiger partial charge in [0.2, 0.25) is 5.91 Å². The molecular weight excluding hydrogens is 380 g/mol. The van der Waals surface area contributed by atoms with Gasteiger partial charge in [0.15, 0.2) is 17.7 Å². The third kappa shape index (κ3) is 4.78. The molecule has 0 saturated heterocycles. The van der Waals surface area contributed by atoms with Gasteiger partial charge in [-0.2, -0.15) is 0 Å². The Labute approximate surface area is 167 Å². The number of aromatic nitrogens is 1. The summed E-state index contributed by atoms with van der Waals surface area (Å²) in [5.74, 6) is 0.116. The van der Waals surface area contributed by atoms with Crippen molar-refractivity contribution in [1.82, 2.24) is 10.3 Å². The predicted octanol–water partition coefficient (Wildman–Crippen LogP) is 3.96. The number of benzene rings is 2. The number of halogens is 1. The number of hydrogen-bond donors (Lipinski definition) is 1. The fraction of sp³-hybridized carbons (Fsp3) is 0.190. The third-order valence-electron chi connectivity index (χ3n) is 4.13. The zero-order valence-electron chi connectivity index (χ0n) is 15.2. The van der Waals surface area contributed by atoms with Gasteiger partial charge in [-0.05, 0) is 17.7 Å². The number of ether oxygens (including phenoxy) is 1. The number of oxazole rings is 1. The van der Waals surface area contributed by atoms with E-state index in [9.17, 15) is 9.59 Å². The molecule has 7 heteroatoms. The first-order chi connectivity index (χ1) is 13.6. The van der Waals surface area contributed by atoms with Gasteiger partial charge in [0.1, 0.15) is 0 Å². The topological polar surface area (TPSA) is 81.4 Å². The lowest BCUT2D eigenvalue weighted by molar-refractivity contribution is -0.145. The van der Waals surface area contributed by atoms with Crippen molar-refractivity contribution in [2.24, 2.45) is 0 Å². The monoisotopic (exact) mass is 398 g/mol. The van der Waals surface area contributed by atoms with E-state index in [1.807, 2.05) is 24.3 Å². The molecular formula is C21H19ClN2O4. The number of carbonyl (C=O) groups excluding carboxylic acids is 2. The van der Waals surface area contributed by atoms with Crippen LogP contribution in [0.15, 0.2) is 65.2 Å². The molecule has 1 amide bonds. The summed E-state index contributed by atoms with van der Waals surface area (Å²) >= 11 is 6.16. The van der Waals surface area contributed by atoms with Crippen LogP contribution in [0, 0.1) is 0 Å². The first-order valence-electron chi connectivity index (χ1n) is 8.70. The van der Waals surface area contributed by atoms with Crippen molar-refractivity contribution in [2.75, 3.05) is 7.11 Å². The number of amides is 1. The highest BCUT2D eigenvalue weighted by molar-refractivity contribution is 6.33. The summed E-state index contributed by atoms with van der Waals surface area (Å²) in [6.45, 7) is 0. The van der Waals surface area contributed by atoms with Crippen LogP contribution in [0.1, 0.15) is 23.9 Å². The Morgan fingerprint density at radius 2 is 1.86 bits per heavy atom. The largest absolute Gasteiger partial charge is 0.467 e. The number of nitrogens with zero attached hydrogens (tertiary/aromatic N) is 1. The summed E-state index contributed by atoms with van der Waals surface area (Å²) in [4.78, 5) is 28.6. The average molecular weight is 399 g/mol. The standard InChI is InChI=1S/C21H19ClN2O4/c1-27-21(26)20(14-7-3-2-4-8-14)24-18(25)11-12-19-23-13-17(28-19)15-9-5-6-10-16(15)22/h2-10,13,20H,11-12H2,1H3,(H,24,25). The van der Waals surface area contributed by atoms with E-state index in [1.165, 1.54) is 7.11 Å². The van der Waals surface area contributed by atoms with E-state index in [0.717, 1.165) is 5.56 Å². The van der Waals surface area contributed by atoms with Crippen LogP contribution in [0.2, 0.25) is 5.02 Å². The molecule has 2 aromatic carbocycles. The highest BCUT2D eigenvalue weighted by Gasteiger charge is 2.23. The van der Waals surface area contributed by atoms with Crippen LogP contribution in [-0.4, -0.2) is 24.0 Å². The lowest BCUT2D eigenvalue weighted by atomic mass is 10.1. The second kappa shape index (κ2) is 9.19. The van der Waals surface area contributed by atoms with Crippen LogP contribution in [0.25, 0.3) is 11.3 Å². The number of esters is 1. The Morgan fingerprint density at radius 3 is 2.57 bits per heavy atom. The number of hydrogen-bond acceptors (Lipinski definition) is 5. The molecule has 28 heavy (non-hydrogen) atoms. The average Bonchev–Trinajstić information content (AvgIpc) is 3.19. The van der Waals surface area contributed by atoms with Crippen LogP contribution in [0.4, 0.5) is 0 Å². The van der Waals surface area contributed by atoms with E-state index < -0.39 is 12.0 Å². The summed E-state index contributed by atoms with van der Waals surface area (Å²) in [5, 5.41) is 3.26. The SMILES string of the molecule is COC(=O)C(NC(=O)CCc1ncc(-c2ccccc2Cl)o1)c1ccccc1. The van der Waals surface area contributed by atoms with E-state index in [0.29, 0.717) is 28.7 Å². The van der Waals surface area contributed by atoms with E-state index >= 15 is 0 Å². The molecule has 3 aromatic rings. The molecule has 1 unspecified atom stereocenters. The Hall–Kier alpha value is -3.12. The maximum atomic E-state index is 12.3. The minimum absolute atomic E-state index is 0.114. The number of methoxy groups -OCH3 is 1. The maximum absolute atomic E-state index is 12.3. The normalized spacial score (nSPS) is 11.6. The molecule has 0 spiro atoms. The molecule has 0 saturated carbocycles. The van der Waals surface area contributed by atoms with Gasteiger partial charge < -0.3 is 14.5 Å². The summed E-state index contributed by atoms with van der Waals surface area (Å²) in [5.41, 5.74) is 1.39. The zero-order chi connectivity index (χ0) is 19.9. The molecule has 1 heterocycles. The van der Waals surface area contributed by atoms with Crippen LogP contribution in [-0.2, 0) is 20.7 Å². The van der Waals surface area contributed by atoms with Crippen molar-refractivity contribution >= 4 is 23.5 Å². The van der Waals surface area contributed by atoms with Crippen LogP contribution in [0.5, 0.6) is 0 Å². The van der Waals surface area contributed by atoms with Crippen molar-refractivity contribution in [2.45, 2.75) is 18.9 Å². The van der Waals surface area contributed by atoms with Gasteiger partial charge in [-0.3, -0.25) is 4.79 Å². The van der Waals surface area contributed by atoms with E-state index in [2.05, 4.69) is 10.3 Å². The van der Waals surface area contributed by atoms with Gasteiger partial charge in [0.25, 0.3) is 0 Å². The molecule has 3 rings (SSSR count). The molecule has 0 fully saturated rings. The van der Waals surface area contributed by atoms with E-state index in [-0.39, 0.29) is 12.3 Å². The van der Waals surface area contributed by atoms with Crippen molar-refractivity contribution < 1.29 is 18.7 Å². The van der Waals surface area contributed by atoms with E-state index in [4.69, 9.17) is 20.8 Å². The Balaban J connectivity index is 1.62. The van der Waals surface area contributed by atoms with Gasteiger partial charge in [-0.25, -0.2) is 9.78 Å². The van der Waals surface area contributed by atoms with Gasteiger partial charge >= 0.3 is 5.97 Å². The van der Waals surface area contributed by atoms with Crippen LogP contribution >= 0.6 is 11.6 Å². The maximum Gasteiger partial charge on any atom is 0.333 e. The quantitative estimate of drug-likeness (QED) is 0.609. The van der Waals surface area contributed by atoms with Crippen molar-refractivity contribution in [3.8, 4) is 11.3 Å². The van der Waals surface area contributed by atoms with Crippen molar-refractivity contribution in [3.05, 3.63) is 77.3 Å². The second-order valence-corrected chi connectivity index (χ2v) is 6.44. The minimum Gasteiger partial charge on any atom is -0.467 e. The first kappa shape index (κ1) is 19.6. The molecule has 0 aliphatic rings. The molecule has 144 valence electrons. The third-order valence-corrected chi connectivity index (χ3v) is 4.46. The second-order valence-electron chi connectivity index (χ2n) is 6.03. The van der Waals surface area contributed by atoms with Crippen LogP contribution in [0.3, 0.4) is 0 Å². The van der Waals surface area contributed by atoms with Gasteiger partial charge in [0.05, 0.1) is 18.3 Å². The molecule has 0 aliphatic carbocycles. The number of rotatable bonds is 7. The predicted molar refractivity (Wildman–Crippen MR) is 105 cm³/mol. The van der Waals surface area contributed by atoms with Crippen LogP contribution < -0.4 is 5.32 Å². The lowest BCUT2D eigenvalue weighted by Gasteiger charge is -2.16. The molecule has 0 radical (unpaired) electrons. The van der Waals surface area contributed by atoms with E-state index in [1.54, 1.807) is 36.5 Å².